The molecule has 2 atom stereocenters. The summed E-state index contributed by atoms with van der Waals surface area (Å²) in [6.07, 6.45) is 6.07. The molecule has 1 aliphatic rings. The Balaban J connectivity index is 2.48. The Labute approximate surface area is 99.2 Å². The molecule has 0 aromatic heterocycles. The van der Waals surface area contributed by atoms with Gasteiger partial charge in [0.2, 0.25) is 0 Å². The lowest BCUT2D eigenvalue weighted by Gasteiger charge is -2.31. The molecule has 0 saturated carbocycles. The summed E-state index contributed by atoms with van der Waals surface area (Å²) in [6.45, 7) is 8.33. The molecule has 0 bridgehead atoms. The molecule has 2 unspecified atom stereocenters. The summed E-state index contributed by atoms with van der Waals surface area (Å²) in [4.78, 5) is 2.70. The maximum atomic E-state index is 3.63. The van der Waals surface area contributed by atoms with E-state index in [1.165, 1.54) is 44.6 Å². The van der Waals surface area contributed by atoms with Crippen molar-refractivity contribution < 1.29 is 0 Å². The maximum absolute atomic E-state index is 3.63. The second-order valence-corrected chi connectivity index (χ2v) is 5.34. The predicted octanol–water partition coefficient (Wildman–Crippen LogP) is 2.20. The Bertz CT molecular complexity index is 164. The van der Waals surface area contributed by atoms with E-state index in [2.05, 4.69) is 30.3 Å². The Morgan fingerprint density at radius 3 is 2.87 bits per heavy atom. The van der Waals surface area contributed by atoms with E-state index in [4.69, 9.17) is 0 Å². The first-order chi connectivity index (χ1) is 7.31. The van der Waals surface area contributed by atoms with Crippen molar-refractivity contribution in [3.8, 4) is 0 Å². The van der Waals surface area contributed by atoms with Gasteiger partial charge in [-0.2, -0.15) is 11.8 Å². The van der Waals surface area contributed by atoms with E-state index < -0.39 is 0 Å². The summed E-state index contributed by atoms with van der Waals surface area (Å²) in [5, 5.41) is 3.63. The molecule has 1 saturated heterocycles. The molecular formula is C12H26N2S. The third kappa shape index (κ3) is 4.33. The Hall–Kier alpha value is 0.270. The number of rotatable bonds is 5. The van der Waals surface area contributed by atoms with Crippen LogP contribution in [0.4, 0.5) is 0 Å². The molecule has 1 aliphatic heterocycles. The van der Waals surface area contributed by atoms with Gasteiger partial charge in [-0.3, -0.25) is 4.90 Å². The zero-order valence-corrected chi connectivity index (χ0v) is 11.3. The second-order valence-electron chi connectivity index (χ2n) is 4.43. The molecule has 2 nitrogen and oxygen atoms in total. The van der Waals surface area contributed by atoms with Gasteiger partial charge in [-0.05, 0) is 38.6 Å². The quantitative estimate of drug-likeness (QED) is 0.779. The maximum Gasteiger partial charge on any atom is 0.0192 e. The van der Waals surface area contributed by atoms with Gasteiger partial charge in [0.1, 0.15) is 0 Å². The number of nitrogens with zero attached hydrogens (tertiary/aromatic N) is 1. The van der Waals surface area contributed by atoms with Gasteiger partial charge in [-0.25, -0.2) is 0 Å². The molecule has 0 spiro atoms. The summed E-state index contributed by atoms with van der Waals surface area (Å²) in [6, 6.07) is 1.50. The molecule has 0 radical (unpaired) electrons. The Morgan fingerprint density at radius 2 is 2.27 bits per heavy atom. The molecule has 0 aliphatic carbocycles. The van der Waals surface area contributed by atoms with Gasteiger partial charge in [0.25, 0.3) is 0 Å². The smallest absolute Gasteiger partial charge is 0.0192 e. The number of thioether (sulfide) groups is 1. The van der Waals surface area contributed by atoms with E-state index in [0.717, 1.165) is 6.04 Å². The molecule has 3 heteroatoms. The minimum atomic E-state index is 0.711. The van der Waals surface area contributed by atoms with Crippen LogP contribution in [0, 0.1) is 0 Å². The van der Waals surface area contributed by atoms with Crippen LogP contribution in [0.1, 0.15) is 33.1 Å². The number of nitrogens with one attached hydrogen (secondary N) is 1. The molecular weight excluding hydrogens is 204 g/mol. The number of hydrogen-bond donors (Lipinski definition) is 1. The summed E-state index contributed by atoms with van der Waals surface area (Å²) in [5.41, 5.74) is 0. The SMILES string of the molecule is CCC1CN(C(CC)CSC)CCCN1. The fraction of sp³-hybridized carbons (Fsp3) is 1.00. The standard InChI is InChI=1S/C12H26N2S/c1-4-11-9-14(8-6-7-13-11)12(5-2)10-15-3/h11-13H,4-10H2,1-3H3. The topological polar surface area (TPSA) is 15.3 Å². The third-order valence-electron chi connectivity index (χ3n) is 3.35. The van der Waals surface area contributed by atoms with Gasteiger partial charge in [0, 0.05) is 24.4 Å². The van der Waals surface area contributed by atoms with Crippen molar-refractivity contribution in [1.82, 2.24) is 10.2 Å². The summed E-state index contributed by atoms with van der Waals surface area (Å²) in [7, 11) is 0. The fourth-order valence-electron chi connectivity index (χ4n) is 2.31. The minimum absolute atomic E-state index is 0.711. The van der Waals surface area contributed by atoms with Crippen molar-refractivity contribution in [2.45, 2.75) is 45.2 Å². The first kappa shape index (κ1) is 13.3. The fourth-order valence-corrected chi connectivity index (χ4v) is 3.14. The van der Waals surface area contributed by atoms with Crippen LogP contribution < -0.4 is 5.32 Å². The molecule has 0 amide bonds. The van der Waals surface area contributed by atoms with Crippen molar-refractivity contribution in [3.63, 3.8) is 0 Å². The zero-order chi connectivity index (χ0) is 11.1. The van der Waals surface area contributed by atoms with Crippen molar-refractivity contribution >= 4 is 11.8 Å². The van der Waals surface area contributed by atoms with Crippen LogP contribution in [-0.2, 0) is 0 Å². The van der Waals surface area contributed by atoms with Crippen molar-refractivity contribution in [3.05, 3.63) is 0 Å². The van der Waals surface area contributed by atoms with Crippen molar-refractivity contribution in [2.24, 2.45) is 0 Å². The highest BCUT2D eigenvalue weighted by atomic mass is 32.2. The molecule has 1 N–H and O–H groups in total. The minimum Gasteiger partial charge on any atom is -0.313 e. The largest absolute Gasteiger partial charge is 0.313 e. The van der Waals surface area contributed by atoms with E-state index in [1.807, 2.05) is 11.8 Å². The van der Waals surface area contributed by atoms with Crippen molar-refractivity contribution in [2.75, 3.05) is 31.6 Å². The summed E-state index contributed by atoms with van der Waals surface area (Å²) >= 11 is 1.98. The van der Waals surface area contributed by atoms with Gasteiger partial charge in [-0.15, -0.1) is 0 Å². The first-order valence-electron chi connectivity index (χ1n) is 6.28. The van der Waals surface area contributed by atoms with E-state index in [9.17, 15) is 0 Å². The molecule has 90 valence electrons. The van der Waals surface area contributed by atoms with Crippen LogP contribution in [0.2, 0.25) is 0 Å². The molecule has 0 aromatic rings. The van der Waals surface area contributed by atoms with E-state index >= 15 is 0 Å². The van der Waals surface area contributed by atoms with Crippen molar-refractivity contribution in [1.29, 1.82) is 0 Å². The van der Waals surface area contributed by atoms with Crippen LogP contribution in [0.15, 0.2) is 0 Å². The van der Waals surface area contributed by atoms with Gasteiger partial charge in [0.15, 0.2) is 0 Å². The normalized spacial score (nSPS) is 26.2. The van der Waals surface area contributed by atoms with Gasteiger partial charge < -0.3 is 5.32 Å². The summed E-state index contributed by atoms with van der Waals surface area (Å²) in [5.74, 6) is 1.28. The molecule has 1 fully saturated rings. The lowest BCUT2D eigenvalue weighted by Crippen LogP contribution is -2.43. The first-order valence-corrected chi connectivity index (χ1v) is 7.67. The molecule has 1 rings (SSSR count). The van der Waals surface area contributed by atoms with E-state index in [0.29, 0.717) is 6.04 Å². The van der Waals surface area contributed by atoms with Crippen LogP contribution in [0.25, 0.3) is 0 Å². The average molecular weight is 230 g/mol. The highest BCUT2D eigenvalue weighted by molar-refractivity contribution is 7.98. The third-order valence-corrected chi connectivity index (χ3v) is 4.07. The van der Waals surface area contributed by atoms with E-state index in [-0.39, 0.29) is 0 Å². The highest BCUT2D eigenvalue weighted by Crippen LogP contribution is 2.13. The van der Waals surface area contributed by atoms with Crippen LogP contribution >= 0.6 is 11.8 Å². The summed E-state index contributed by atoms with van der Waals surface area (Å²) < 4.78 is 0. The van der Waals surface area contributed by atoms with Gasteiger partial charge in [-0.1, -0.05) is 13.8 Å². The monoisotopic (exact) mass is 230 g/mol. The lowest BCUT2D eigenvalue weighted by molar-refractivity contribution is 0.202. The average Bonchev–Trinajstić information content (AvgIpc) is 2.51. The van der Waals surface area contributed by atoms with E-state index in [1.54, 1.807) is 0 Å². The second kappa shape index (κ2) is 7.53. The predicted molar refractivity (Wildman–Crippen MR) is 70.7 cm³/mol. The van der Waals surface area contributed by atoms with Crippen LogP contribution in [-0.4, -0.2) is 48.6 Å². The lowest BCUT2D eigenvalue weighted by atomic mass is 10.1. The Kier molecular flexibility index (Phi) is 6.69. The van der Waals surface area contributed by atoms with Gasteiger partial charge in [0.05, 0.1) is 0 Å². The highest BCUT2D eigenvalue weighted by Gasteiger charge is 2.21. The zero-order valence-electron chi connectivity index (χ0n) is 10.5. The van der Waals surface area contributed by atoms with Crippen LogP contribution in [0.3, 0.4) is 0 Å². The molecule has 0 aromatic carbocycles. The Morgan fingerprint density at radius 1 is 1.47 bits per heavy atom. The molecule has 1 heterocycles. The van der Waals surface area contributed by atoms with Gasteiger partial charge >= 0.3 is 0 Å². The number of hydrogen-bond acceptors (Lipinski definition) is 3. The molecule has 15 heavy (non-hydrogen) atoms. The van der Waals surface area contributed by atoms with Crippen LogP contribution in [0.5, 0.6) is 0 Å².